The van der Waals surface area contributed by atoms with E-state index in [-0.39, 0.29) is 0 Å². The van der Waals surface area contributed by atoms with Gasteiger partial charge < -0.3 is 0 Å². The summed E-state index contributed by atoms with van der Waals surface area (Å²) in [7, 11) is 0. The molecule has 0 aromatic rings. The van der Waals surface area contributed by atoms with Crippen LogP contribution < -0.4 is 0 Å². The Balaban J connectivity index is 1.96. The fourth-order valence-corrected chi connectivity index (χ4v) is 5.48. The molecule has 3 rings (SSSR count). The van der Waals surface area contributed by atoms with Gasteiger partial charge in [-0.15, -0.1) is 0 Å². The Bertz CT molecular complexity index is 303. The van der Waals surface area contributed by atoms with Crippen LogP contribution in [0.2, 0.25) is 0 Å². The quantitative estimate of drug-likeness (QED) is 0.559. The molecule has 0 nitrogen and oxygen atoms in total. The second kappa shape index (κ2) is 2.90. The van der Waals surface area contributed by atoms with Crippen LogP contribution in [0.3, 0.4) is 0 Å². The monoisotopic (exact) mass is 204 g/mol. The fraction of sp³-hybridized carbons (Fsp3) is 0.867. The first-order valence-corrected chi connectivity index (χ1v) is 6.74. The zero-order chi connectivity index (χ0) is 10.8. The highest BCUT2D eigenvalue weighted by molar-refractivity contribution is 5.28. The Morgan fingerprint density at radius 1 is 1.13 bits per heavy atom. The van der Waals surface area contributed by atoms with Gasteiger partial charge in [-0.05, 0) is 61.2 Å². The molecule has 3 aliphatic rings. The summed E-state index contributed by atoms with van der Waals surface area (Å²) >= 11 is 0. The molecular formula is C15H24. The van der Waals surface area contributed by atoms with E-state index in [4.69, 9.17) is 0 Å². The lowest BCUT2D eigenvalue weighted by molar-refractivity contribution is 0.177. The summed E-state index contributed by atoms with van der Waals surface area (Å²) in [5.41, 5.74) is 2.22. The molecule has 84 valence electrons. The van der Waals surface area contributed by atoms with Crippen LogP contribution in [-0.2, 0) is 0 Å². The Morgan fingerprint density at radius 3 is 2.53 bits per heavy atom. The molecule has 0 amide bonds. The molecule has 0 heterocycles. The molecule has 3 aliphatic carbocycles. The van der Waals surface area contributed by atoms with E-state index < -0.39 is 0 Å². The van der Waals surface area contributed by atoms with Gasteiger partial charge in [-0.25, -0.2) is 0 Å². The zero-order valence-electron chi connectivity index (χ0n) is 10.4. The van der Waals surface area contributed by atoms with Crippen LogP contribution in [0.5, 0.6) is 0 Å². The van der Waals surface area contributed by atoms with Crippen LogP contribution in [0.1, 0.15) is 46.5 Å². The maximum Gasteiger partial charge on any atom is -0.0110 e. The van der Waals surface area contributed by atoms with Crippen molar-refractivity contribution in [2.45, 2.75) is 46.5 Å². The molecule has 0 aromatic carbocycles. The molecule has 0 unspecified atom stereocenters. The van der Waals surface area contributed by atoms with Gasteiger partial charge in [0.2, 0.25) is 0 Å². The lowest BCUT2D eigenvalue weighted by Gasteiger charge is -2.31. The number of hydrogen-bond acceptors (Lipinski definition) is 0. The first-order valence-electron chi connectivity index (χ1n) is 6.74. The molecule has 6 atom stereocenters. The smallest absolute Gasteiger partial charge is 0.0110 e. The number of hydrogen-bond donors (Lipinski definition) is 0. The van der Waals surface area contributed by atoms with Gasteiger partial charge in [0.05, 0.1) is 0 Å². The van der Waals surface area contributed by atoms with E-state index in [0.29, 0.717) is 0 Å². The van der Waals surface area contributed by atoms with Gasteiger partial charge >= 0.3 is 0 Å². The molecule has 3 fully saturated rings. The summed E-state index contributed by atoms with van der Waals surface area (Å²) in [6.45, 7) is 11.5. The standard InChI is InChI=1S/C15H24/c1-9(2)13-14-11(4)5-6-12-10(3)7-8-15(12,13)14/h10-14H,1,5-8H2,2-4H3/t10-,11-,12+,13+,14-,15+/m1/s1. The lowest BCUT2D eigenvalue weighted by atomic mass is 9.73. The van der Waals surface area contributed by atoms with Crippen molar-refractivity contribution in [1.82, 2.24) is 0 Å². The summed E-state index contributed by atoms with van der Waals surface area (Å²) in [4.78, 5) is 0. The molecule has 0 N–H and O–H groups in total. The van der Waals surface area contributed by atoms with Crippen LogP contribution in [0, 0.1) is 35.0 Å². The summed E-state index contributed by atoms with van der Waals surface area (Å²) in [5, 5.41) is 0. The molecule has 0 radical (unpaired) electrons. The van der Waals surface area contributed by atoms with Gasteiger partial charge in [-0.3, -0.25) is 0 Å². The number of rotatable bonds is 1. The van der Waals surface area contributed by atoms with Gasteiger partial charge in [0.25, 0.3) is 0 Å². The summed E-state index contributed by atoms with van der Waals surface area (Å²) in [5.74, 6) is 4.90. The molecule has 0 bridgehead atoms. The van der Waals surface area contributed by atoms with Gasteiger partial charge in [0.1, 0.15) is 0 Å². The van der Waals surface area contributed by atoms with Crippen molar-refractivity contribution in [3.63, 3.8) is 0 Å². The summed E-state index contributed by atoms with van der Waals surface area (Å²) < 4.78 is 0. The first kappa shape index (κ1) is 9.93. The highest BCUT2D eigenvalue weighted by Gasteiger charge is 2.72. The van der Waals surface area contributed by atoms with E-state index in [1.807, 2.05) is 0 Å². The van der Waals surface area contributed by atoms with Gasteiger partial charge in [-0.2, -0.15) is 0 Å². The van der Waals surface area contributed by atoms with Crippen molar-refractivity contribution in [1.29, 1.82) is 0 Å². The fourth-order valence-electron chi connectivity index (χ4n) is 5.48. The third-order valence-electron chi connectivity index (χ3n) is 5.94. The van der Waals surface area contributed by atoms with Crippen LogP contribution in [0.15, 0.2) is 12.2 Å². The van der Waals surface area contributed by atoms with Crippen LogP contribution in [-0.4, -0.2) is 0 Å². The van der Waals surface area contributed by atoms with E-state index in [1.165, 1.54) is 31.3 Å². The highest BCUT2D eigenvalue weighted by Crippen LogP contribution is 2.78. The predicted molar refractivity (Wildman–Crippen MR) is 64.5 cm³/mol. The first-order chi connectivity index (χ1) is 7.09. The summed E-state index contributed by atoms with van der Waals surface area (Å²) in [6, 6.07) is 0. The molecule has 3 saturated carbocycles. The molecule has 0 heteroatoms. The van der Waals surface area contributed by atoms with Crippen molar-refractivity contribution in [3.8, 4) is 0 Å². The van der Waals surface area contributed by atoms with E-state index >= 15 is 0 Å². The second-order valence-electron chi connectivity index (χ2n) is 6.64. The van der Waals surface area contributed by atoms with Crippen LogP contribution in [0.4, 0.5) is 0 Å². The maximum absolute atomic E-state index is 4.26. The summed E-state index contributed by atoms with van der Waals surface area (Å²) in [6.07, 6.45) is 5.97. The Labute approximate surface area is 94.1 Å². The van der Waals surface area contributed by atoms with E-state index in [0.717, 1.165) is 35.0 Å². The maximum atomic E-state index is 4.26. The van der Waals surface area contributed by atoms with Crippen LogP contribution >= 0.6 is 0 Å². The Kier molecular flexibility index (Phi) is 1.92. The lowest BCUT2D eigenvalue weighted by Crippen LogP contribution is -2.24. The van der Waals surface area contributed by atoms with E-state index in [2.05, 4.69) is 27.4 Å². The molecule has 1 spiro atoms. The van der Waals surface area contributed by atoms with Gasteiger partial charge in [0, 0.05) is 0 Å². The Morgan fingerprint density at radius 2 is 1.87 bits per heavy atom. The highest BCUT2D eigenvalue weighted by atomic mass is 14.8. The van der Waals surface area contributed by atoms with Crippen molar-refractivity contribution >= 4 is 0 Å². The molecule has 0 saturated heterocycles. The van der Waals surface area contributed by atoms with Crippen LogP contribution in [0.25, 0.3) is 0 Å². The zero-order valence-corrected chi connectivity index (χ0v) is 10.4. The Hall–Kier alpha value is -0.260. The van der Waals surface area contributed by atoms with Gasteiger partial charge in [-0.1, -0.05) is 32.4 Å². The van der Waals surface area contributed by atoms with Crippen molar-refractivity contribution < 1.29 is 0 Å². The molecule has 15 heavy (non-hydrogen) atoms. The second-order valence-corrected chi connectivity index (χ2v) is 6.64. The van der Waals surface area contributed by atoms with Crippen molar-refractivity contribution in [3.05, 3.63) is 12.2 Å². The largest absolute Gasteiger partial charge is 0.0998 e. The SMILES string of the molecule is C=C(C)[C@H]1[C@H]2[C@H](C)CC[C@H]3[C@H](C)CC[C@]231. The molecular weight excluding hydrogens is 180 g/mol. The predicted octanol–water partition coefficient (Wildman–Crippen LogP) is 4.27. The van der Waals surface area contributed by atoms with Gasteiger partial charge in [0.15, 0.2) is 0 Å². The molecule has 0 aliphatic heterocycles. The van der Waals surface area contributed by atoms with Crippen molar-refractivity contribution in [2.75, 3.05) is 0 Å². The minimum atomic E-state index is 0.739. The van der Waals surface area contributed by atoms with E-state index in [1.54, 1.807) is 0 Å². The third kappa shape index (κ3) is 1.04. The minimum absolute atomic E-state index is 0.739. The number of allylic oxidation sites excluding steroid dienone is 1. The average Bonchev–Trinajstić information content (AvgIpc) is 2.76. The third-order valence-corrected chi connectivity index (χ3v) is 5.94. The average molecular weight is 204 g/mol. The topological polar surface area (TPSA) is 0 Å². The normalized spacial score (nSPS) is 57.1. The van der Waals surface area contributed by atoms with Crippen molar-refractivity contribution in [2.24, 2.45) is 35.0 Å². The minimum Gasteiger partial charge on any atom is -0.0998 e. The van der Waals surface area contributed by atoms with E-state index in [9.17, 15) is 0 Å². The molecule has 0 aromatic heterocycles.